The lowest BCUT2D eigenvalue weighted by Gasteiger charge is -2.33. The van der Waals surface area contributed by atoms with E-state index in [1.165, 1.54) is 35.0 Å². The van der Waals surface area contributed by atoms with Gasteiger partial charge in [0.15, 0.2) is 6.23 Å². The third-order valence-electron chi connectivity index (χ3n) is 6.35. The van der Waals surface area contributed by atoms with Crippen molar-refractivity contribution in [2.24, 2.45) is 5.92 Å². The summed E-state index contributed by atoms with van der Waals surface area (Å²) < 4.78 is 53.9. The van der Waals surface area contributed by atoms with Crippen molar-refractivity contribution in [1.29, 1.82) is 0 Å². The van der Waals surface area contributed by atoms with Crippen molar-refractivity contribution in [3.63, 3.8) is 0 Å². The summed E-state index contributed by atoms with van der Waals surface area (Å²) in [7, 11) is 0. The van der Waals surface area contributed by atoms with Crippen LogP contribution >= 0.6 is 11.6 Å². The predicted molar refractivity (Wildman–Crippen MR) is 140 cm³/mol. The van der Waals surface area contributed by atoms with Crippen LogP contribution in [0.5, 0.6) is 17.2 Å². The minimum atomic E-state index is -4.73. The molecule has 1 aliphatic heterocycles. The first kappa shape index (κ1) is 29.3. The molecule has 2 heterocycles. The molecule has 3 aromatic rings. The van der Waals surface area contributed by atoms with Gasteiger partial charge in [0.2, 0.25) is 0 Å². The summed E-state index contributed by atoms with van der Waals surface area (Å²) in [5.74, 6) is 0.569. The number of anilines is 1. The second kappa shape index (κ2) is 12.6. The highest BCUT2D eigenvalue weighted by atomic mass is 35.5. The zero-order valence-electron chi connectivity index (χ0n) is 21.5. The van der Waals surface area contributed by atoms with Crippen LogP contribution in [0.25, 0.3) is 0 Å². The number of hydrogen-bond acceptors (Lipinski definition) is 8. The van der Waals surface area contributed by atoms with Crippen molar-refractivity contribution in [3.05, 3.63) is 70.1 Å². The third-order valence-corrected chi connectivity index (χ3v) is 6.63. The minimum Gasteiger partial charge on any atom is -0.493 e. The Labute approximate surface area is 233 Å². The highest BCUT2D eigenvalue weighted by Crippen LogP contribution is 2.30. The summed E-state index contributed by atoms with van der Waals surface area (Å²) in [6, 6.07) is 12.7. The summed E-state index contributed by atoms with van der Waals surface area (Å²) in [6.07, 6.45) is -3.22. The van der Waals surface area contributed by atoms with E-state index < -0.39 is 29.4 Å². The van der Waals surface area contributed by atoms with E-state index in [0.717, 1.165) is 31.6 Å². The van der Waals surface area contributed by atoms with Crippen LogP contribution in [0.3, 0.4) is 0 Å². The van der Waals surface area contributed by atoms with Crippen LogP contribution in [0.2, 0.25) is 5.28 Å². The highest BCUT2D eigenvalue weighted by Gasteiger charge is 2.31. The number of piperidine rings is 1. The Morgan fingerprint density at radius 2 is 1.70 bits per heavy atom. The number of ether oxygens (including phenoxy) is 3. The van der Waals surface area contributed by atoms with Crippen molar-refractivity contribution in [2.45, 2.75) is 44.9 Å². The number of aliphatic hydroxyl groups excluding tert-OH is 1. The molecule has 1 fully saturated rings. The lowest BCUT2D eigenvalue weighted by molar-refractivity contribution is -0.389. The molecule has 1 aromatic heterocycles. The van der Waals surface area contributed by atoms with Crippen LogP contribution in [-0.2, 0) is 0 Å². The fourth-order valence-corrected chi connectivity index (χ4v) is 4.61. The number of nitrogens with zero attached hydrogens (tertiary/aromatic N) is 4. The van der Waals surface area contributed by atoms with Crippen LogP contribution < -0.4 is 19.1 Å². The molecule has 0 aliphatic carbocycles. The zero-order chi connectivity index (χ0) is 28.9. The molecule has 1 saturated heterocycles. The van der Waals surface area contributed by atoms with Gasteiger partial charge in [-0.3, -0.25) is 4.57 Å². The minimum absolute atomic E-state index is 0.117. The van der Waals surface area contributed by atoms with Gasteiger partial charge >= 0.3 is 17.5 Å². The molecule has 216 valence electrons. The molecule has 0 spiro atoms. The Morgan fingerprint density at radius 3 is 2.25 bits per heavy atom. The molecular formula is C26H28ClF3N4O6. The van der Waals surface area contributed by atoms with Gasteiger partial charge in [-0.05, 0) is 95.7 Å². The van der Waals surface area contributed by atoms with Gasteiger partial charge in [0.1, 0.15) is 23.4 Å². The molecular weight excluding hydrogens is 557 g/mol. The van der Waals surface area contributed by atoms with Gasteiger partial charge in [0, 0.05) is 25.2 Å². The summed E-state index contributed by atoms with van der Waals surface area (Å²) >= 11 is 6.08. The number of alkyl halides is 3. The van der Waals surface area contributed by atoms with Gasteiger partial charge in [-0.25, -0.2) is 0 Å². The van der Waals surface area contributed by atoms with E-state index in [0.29, 0.717) is 24.0 Å². The molecule has 2 atom stereocenters. The van der Waals surface area contributed by atoms with E-state index >= 15 is 0 Å². The fraction of sp³-hybridized carbons (Fsp3) is 0.423. The van der Waals surface area contributed by atoms with Gasteiger partial charge in [-0.15, -0.1) is 13.2 Å². The first-order valence-electron chi connectivity index (χ1n) is 12.5. The average Bonchev–Trinajstić information content (AvgIpc) is 3.29. The van der Waals surface area contributed by atoms with Gasteiger partial charge in [-0.2, -0.15) is 0 Å². The van der Waals surface area contributed by atoms with Crippen LogP contribution in [0.4, 0.5) is 24.7 Å². The summed E-state index contributed by atoms with van der Waals surface area (Å²) in [4.78, 5) is 16.4. The monoisotopic (exact) mass is 584 g/mol. The molecule has 0 saturated carbocycles. The zero-order valence-corrected chi connectivity index (χ0v) is 22.2. The van der Waals surface area contributed by atoms with Crippen molar-refractivity contribution >= 4 is 23.1 Å². The van der Waals surface area contributed by atoms with Gasteiger partial charge in [0.25, 0.3) is 0 Å². The summed E-state index contributed by atoms with van der Waals surface area (Å²) in [5, 5.41) is 20.9. The number of aliphatic hydroxyl groups is 1. The Morgan fingerprint density at radius 1 is 1.10 bits per heavy atom. The number of imidazole rings is 1. The molecule has 10 nitrogen and oxygen atoms in total. The highest BCUT2D eigenvalue weighted by molar-refractivity contribution is 6.28. The number of halogens is 4. The maximum Gasteiger partial charge on any atom is 0.573 e. The molecule has 2 unspecified atom stereocenters. The Balaban J connectivity index is 1.28. The van der Waals surface area contributed by atoms with Crippen molar-refractivity contribution in [1.82, 2.24) is 9.55 Å². The van der Waals surface area contributed by atoms with E-state index in [9.17, 15) is 28.4 Å². The Bertz CT molecular complexity index is 1260. The first-order chi connectivity index (χ1) is 19.0. The molecule has 0 bridgehead atoms. The normalized spacial score (nSPS) is 15.9. The van der Waals surface area contributed by atoms with Crippen LogP contribution in [0.15, 0.2) is 54.7 Å². The molecule has 1 N–H and O–H groups in total. The standard InChI is InChI=1S/C26H28ClF3N4O6/c1-17(35)14-24(33-15-23(34(36)37)31-25(33)27)39-21-4-2-19(3-5-21)32-12-10-18(11-13-32)16-38-20-6-8-22(9-7-20)40-26(28,29)30/h2-9,15,17-18,24,35H,10-14,16H2,1H3. The van der Waals surface area contributed by atoms with Gasteiger partial charge < -0.3 is 34.3 Å². The molecule has 2 aromatic carbocycles. The maximum absolute atomic E-state index is 12.3. The van der Waals surface area contributed by atoms with Crippen LogP contribution in [-0.4, -0.2) is 51.7 Å². The predicted octanol–water partition coefficient (Wildman–Crippen LogP) is 5.99. The number of aromatic nitrogens is 2. The van der Waals surface area contributed by atoms with Crippen molar-refractivity contribution < 1.29 is 37.4 Å². The number of hydrogen-bond donors (Lipinski definition) is 1. The van der Waals surface area contributed by atoms with Gasteiger partial charge in [0.05, 0.1) is 12.7 Å². The van der Waals surface area contributed by atoms with E-state index in [-0.39, 0.29) is 17.5 Å². The van der Waals surface area contributed by atoms with Crippen LogP contribution in [0, 0.1) is 16.0 Å². The first-order valence-corrected chi connectivity index (χ1v) is 12.9. The van der Waals surface area contributed by atoms with Crippen LogP contribution in [0.1, 0.15) is 32.4 Å². The van der Waals surface area contributed by atoms with E-state index in [1.807, 2.05) is 12.1 Å². The number of nitro groups is 1. The van der Waals surface area contributed by atoms with E-state index in [4.69, 9.17) is 21.1 Å². The lowest BCUT2D eigenvalue weighted by Crippen LogP contribution is -2.35. The van der Waals surface area contributed by atoms with Gasteiger partial charge in [-0.1, -0.05) is 0 Å². The van der Waals surface area contributed by atoms with E-state index in [2.05, 4.69) is 14.6 Å². The topological polar surface area (TPSA) is 112 Å². The van der Waals surface area contributed by atoms with Crippen molar-refractivity contribution in [3.8, 4) is 17.2 Å². The second-order valence-electron chi connectivity index (χ2n) is 9.44. The fourth-order valence-electron chi connectivity index (χ4n) is 4.36. The number of benzene rings is 2. The molecule has 1 aliphatic rings. The summed E-state index contributed by atoms with van der Waals surface area (Å²) in [5.41, 5.74) is 0.996. The average molecular weight is 585 g/mol. The Hall–Kier alpha value is -3.71. The SMILES string of the molecule is CC(O)CC(Oc1ccc(N2CCC(COc3ccc(OC(F)(F)F)cc3)CC2)cc1)n1cc([N+](=O)[O-])nc1Cl. The quantitative estimate of drug-likeness (QED) is 0.216. The molecule has 4 rings (SSSR count). The number of rotatable bonds is 11. The molecule has 40 heavy (non-hydrogen) atoms. The smallest absolute Gasteiger partial charge is 0.493 e. The maximum atomic E-state index is 12.3. The second-order valence-corrected chi connectivity index (χ2v) is 9.78. The van der Waals surface area contributed by atoms with Crippen molar-refractivity contribution in [2.75, 3.05) is 24.6 Å². The third kappa shape index (κ3) is 8.15. The summed E-state index contributed by atoms with van der Waals surface area (Å²) in [6.45, 7) is 3.63. The van der Waals surface area contributed by atoms with E-state index in [1.54, 1.807) is 19.1 Å². The largest absolute Gasteiger partial charge is 0.573 e. The molecule has 14 heteroatoms. The Kier molecular flexibility index (Phi) is 9.25. The lowest BCUT2D eigenvalue weighted by atomic mass is 9.97. The molecule has 0 radical (unpaired) electrons. The molecule has 0 amide bonds.